The molecule has 2 N–H and O–H groups in total. The molecule has 126 valence electrons. The third kappa shape index (κ3) is 3.08. The van der Waals surface area contributed by atoms with Crippen LogP contribution in [0.4, 0.5) is 10.5 Å². The number of urea groups is 1. The number of likely N-dealkylation sites (N-methyl/N-ethyl adjacent to an activating group) is 1. The van der Waals surface area contributed by atoms with Crippen molar-refractivity contribution in [3.63, 3.8) is 0 Å². The first-order chi connectivity index (χ1) is 11.5. The molecule has 0 aliphatic rings. The summed E-state index contributed by atoms with van der Waals surface area (Å²) in [4.78, 5) is 14.0. The van der Waals surface area contributed by atoms with Gasteiger partial charge in [0.25, 0.3) is 0 Å². The number of aromatic nitrogens is 5. The van der Waals surface area contributed by atoms with Crippen LogP contribution in [0.1, 0.15) is 17.0 Å². The SMILES string of the molecule is Cc1n[nH]c(C)c1CCN(C)C(=O)Nc1ccc2c(c1)nnn2C. The number of rotatable bonds is 4. The lowest BCUT2D eigenvalue weighted by Crippen LogP contribution is -2.33. The van der Waals surface area contributed by atoms with Crippen LogP contribution in [-0.4, -0.2) is 49.7 Å². The van der Waals surface area contributed by atoms with Crippen LogP contribution >= 0.6 is 0 Å². The van der Waals surface area contributed by atoms with Gasteiger partial charge in [0, 0.05) is 32.0 Å². The molecule has 0 atom stereocenters. The molecule has 0 unspecified atom stereocenters. The predicted molar refractivity (Wildman–Crippen MR) is 91.9 cm³/mol. The first-order valence-corrected chi connectivity index (χ1v) is 7.77. The molecule has 8 heteroatoms. The Hall–Kier alpha value is -2.90. The van der Waals surface area contributed by atoms with Crippen LogP contribution in [-0.2, 0) is 13.5 Å². The highest BCUT2D eigenvalue weighted by Gasteiger charge is 2.12. The molecule has 0 saturated carbocycles. The second kappa shape index (κ2) is 6.31. The lowest BCUT2D eigenvalue weighted by Gasteiger charge is -2.18. The normalized spacial score (nSPS) is 11.0. The van der Waals surface area contributed by atoms with Crippen LogP contribution in [0.2, 0.25) is 0 Å². The maximum Gasteiger partial charge on any atom is 0.321 e. The maximum absolute atomic E-state index is 12.3. The molecule has 0 spiro atoms. The van der Waals surface area contributed by atoms with Crippen molar-refractivity contribution in [1.29, 1.82) is 0 Å². The molecule has 0 saturated heterocycles. The van der Waals surface area contributed by atoms with Crippen LogP contribution in [0.15, 0.2) is 18.2 Å². The highest BCUT2D eigenvalue weighted by molar-refractivity contribution is 5.91. The Balaban J connectivity index is 1.62. The number of aryl methyl sites for hydroxylation is 3. The Morgan fingerprint density at radius 1 is 1.38 bits per heavy atom. The van der Waals surface area contributed by atoms with Gasteiger partial charge in [0.15, 0.2) is 0 Å². The van der Waals surface area contributed by atoms with E-state index in [9.17, 15) is 4.79 Å². The van der Waals surface area contributed by atoms with Crippen molar-refractivity contribution >= 4 is 22.8 Å². The van der Waals surface area contributed by atoms with E-state index in [1.165, 1.54) is 0 Å². The third-order valence-electron chi connectivity index (χ3n) is 4.19. The zero-order chi connectivity index (χ0) is 17.3. The Morgan fingerprint density at radius 3 is 2.88 bits per heavy atom. The number of benzene rings is 1. The van der Waals surface area contributed by atoms with E-state index in [1.807, 2.05) is 39.1 Å². The molecule has 3 aromatic rings. The minimum atomic E-state index is -0.156. The number of aromatic amines is 1. The first-order valence-electron chi connectivity index (χ1n) is 7.77. The number of amides is 2. The number of hydrogen-bond donors (Lipinski definition) is 2. The number of nitrogens with one attached hydrogen (secondary N) is 2. The molecule has 0 fully saturated rings. The number of carbonyl (C=O) groups is 1. The third-order valence-corrected chi connectivity index (χ3v) is 4.19. The fraction of sp³-hybridized carbons (Fsp3) is 0.375. The van der Waals surface area contributed by atoms with Crippen LogP contribution in [0.3, 0.4) is 0 Å². The number of H-pyrrole nitrogens is 1. The monoisotopic (exact) mass is 327 g/mol. The molecule has 0 bridgehead atoms. The Morgan fingerprint density at radius 2 is 2.17 bits per heavy atom. The van der Waals surface area contributed by atoms with Crippen molar-refractivity contribution in [3.8, 4) is 0 Å². The van der Waals surface area contributed by atoms with E-state index in [4.69, 9.17) is 0 Å². The van der Waals surface area contributed by atoms with E-state index in [0.717, 1.165) is 34.4 Å². The summed E-state index contributed by atoms with van der Waals surface area (Å²) in [6, 6.07) is 5.40. The summed E-state index contributed by atoms with van der Waals surface area (Å²) in [7, 11) is 3.61. The van der Waals surface area contributed by atoms with Gasteiger partial charge in [-0.15, -0.1) is 5.10 Å². The van der Waals surface area contributed by atoms with E-state index < -0.39 is 0 Å². The van der Waals surface area contributed by atoms with Gasteiger partial charge in [0.2, 0.25) is 0 Å². The van der Waals surface area contributed by atoms with Gasteiger partial charge in [0.1, 0.15) is 5.52 Å². The van der Waals surface area contributed by atoms with Crippen LogP contribution in [0.25, 0.3) is 11.0 Å². The molecular formula is C16H21N7O. The van der Waals surface area contributed by atoms with E-state index in [0.29, 0.717) is 12.2 Å². The van der Waals surface area contributed by atoms with Gasteiger partial charge in [-0.05, 0) is 44.0 Å². The topological polar surface area (TPSA) is 91.7 Å². The first kappa shape index (κ1) is 16.0. The zero-order valence-corrected chi connectivity index (χ0v) is 14.3. The van der Waals surface area contributed by atoms with Gasteiger partial charge in [-0.25, -0.2) is 9.48 Å². The summed E-state index contributed by atoms with van der Waals surface area (Å²) >= 11 is 0. The fourth-order valence-electron chi connectivity index (χ4n) is 2.66. The molecule has 1 aromatic carbocycles. The molecule has 2 heterocycles. The summed E-state index contributed by atoms with van der Waals surface area (Å²) in [5, 5.41) is 18.1. The second-order valence-electron chi connectivity index (χ2n) is 5.93. The van der Waals surface area contributed by atoms with Gasteiger partial charge in [0.05, 0.1) is 11.2 Å². The summed E-state index contributed by atoms with van der Waals surface area (Å²) in [6.07, 6.45) is 0.765. The molecule has 24 heavy (non-hydrogen) atoms. The minimum absolute atomic E-state index is 0.156. The van der Waals surface area contributed by atoms with Crippen molar-refractivity contribution < 1.29 is 4.79 Å². The summed E-state index contributed by atoms with van der Waals surface area (Å²) in [6.45, 7) is 4.57. The number of carbonyl (C=O) groups excluding carboxylic acids is 1. The van der Waals surface area contributed by atoms with Crippen molar-refractivity contribution in [2.24, 2.45) is 7.05 Å². The molecule has 2 amide bonds. The Bertz CT molecular complexity index is 860. The van der Waals surface area contributed by atoms with Crippen LogP contribution < -0.4 is 5.32 Å². The van der Waals surface area contributed by atoms with Gasteiger partial charge in [-0.1, -0.05) is 5.21 Å². The molecule has 0 radical (unpaired) electrons. The highest BCUT2D eigenvalue weighted by Crippen LogP contribution is 2.17. The average Bonchev–Trinajstić information content (AvgIpc) is 3.08. The standard InChI is InChI=1S/C16H21N7O/c1-10-13(11(2)19-18-10)7-8-22(3)16(24)17-12-5-6-15-14(9-12)20-21-23(15)4/h5-6,9H,7-8H2,1-4H3,(H,17,24)(H,18,19). The van der Waals surface area contributed by atoms with Crippen molar-refractivity contribution in [1.82, 2.24) is 30.1 Å². The van der Waals surface area contributed by atoms with E-state index in [2.05, 4.69) is 25.8 Å². The number of anilines is 1. The zero-order valence-electron chi connectivity index (χ0n) is 14.3. The lowest BCUT2D eigenvalue weighted by molar-refractivity contribution is 0.223. The van der Waals surface area contributed by atoms with Crippen molar-refractivity contribution in [3.05, 3.63) is 35.2 Å². The number of hydrogen-bond acceptors (Lipinski definition) is 4. The van der Waals surface area contributed by atoms with Gasteiger partial charge >= 0.3 is 6.03 Å². The fourth-order valence-corrected chi connectivity index (χ4v) is 2.66. The highest BCUT2D eigenvalue weighted by atomic mass is 16.2. The van der Waals surface area contributed by atoms with E-state index in [1.54, 1.807) is 16.6 Å². The lowest BCUT2D eigenvalue weighted by atomic mass is 10.1. The molecule has 0 aliphatic heterocycles. The van der Waals surface area contributed by atoms with Crippen LogP contribution in [0, 0.1) is 13.8 Å². The molecular weight excluding hydrogens is 306 g/mol. The van der Waals surface area contributed by atoms with Crippen LogP contribution in [0.5, 0.6) is 0 Å². The van der Waals surface area contributed by atoms with Crippen molar-refractivity contribution in [2.45, 2.75) is 20.3 Å². The predicted octanol–water partition coefficient (Wildman–Crippen LogP) is 2.01. The Labute approximate surface area is 139 Å². The maximum atomic E-state index is 12.3. The smallest absolute Gasteiger partial charge is 0.321 e. The molecule has 8 nitrogen and oxygen atoms in total. The van der Waals surface area contributed by atoms with Gasteiger partial charge < -0.3 is 10.2 Å². The van der Waals surface area contributed by atoms with E-state index >= 15 is 0 Å². The largest absolute Gasteiger partial charge is 0.327 e. The summed E-state index contributed by atoms with van der Waals surface area (Å²) in [5.74, 6) is 0. The van der Waals surface area contributed by atoms with Crippen molar-refractivity contribution in [2.75, 3.05) is 18.9 Å². The summed E-state index contributed by atoms with van der Waals surface area (Å²) in [5.41, 5.74) is 5.57. The summed E-state index contributed by atoms with van der Waals surface area (Å²) < 4.78 is 1.70. The number of fused-ring (bicyclic) bond motifs is 1. The molecule has 2 aromatic heterocycles. The number of nitrogens with zero attached hydrogens (tertiary/aromatic N) is 5. The quantitative estimate of drug-likeness (QED) is 0.767. The average molecular weight is 327 g/mol. The molecule has 3 rings (SSSR count). The molecule has 0 aliphatic carbocycles. The van der Waals surface area contributed by atoms with Gasteiger partial charge in [-0.2, -0.15) is 5.10 Å². The Kier molecular flexibility index (Phi) is 4.20. The van der Waals surface area contributed by atoms with Gasteiger partial charge in [-0.3, -0.25) is 5.10 Å². The second-order valence-corrected chi connectivity index (χ2v) is 5.93. The minimum Gasteiger partial charge on any atom is -0.327 e. The van der Waals surface area contributed by atoms with E-state index in [-0.39, 0.29) is 6.03 Å².